The monoisotopic (exact) mass is 319 g/mol. The van der Waals surface area contributed by atoms with Gasteiger partial charge >= 0.3 is 11.8 Å². The van der Waals surface area contributed by atoms with E-state index in [1.165, 1.54) is 20.3 Å². The highest BCUT2D eigenvalue weighted by molar-refractivity contribution is 6.39. The Morgan fingerprint density at radius 1 is 1.13 bits per heavy atom. The van der Waals surface area contributed by atoms with Gasteiger partial charge in [-0.05, 0) is 24.6 Å². The number of amides is 2. The molecule has 8 heteroatoms. The molecule has 0 atom stereocenters. The standard InChI is InChI=1S/C15H17N3O5/c1-9-6-13(18-23-9)17-15(20)14(19)16-8-10-4-5-11(21-2)12(7-10)22-3/h4-7H,8H2,1-3H3,(H,16,19)(H,17,18,20). The molecule has 0 unspecified atom stereocenters. The molecule has 0 radical (unpaired) electrons. The van der Waals surface area contributed by atoms with Crippen LogP contribution in [-0.4, -0.2) is 31.2 Å². The Labute approximate surface area is 132 Å². The molecule has 0 saturated carbocycles. The average molecular weight is 319 g/mol. The third-order valence-corrected chi connectivity index (χ3v) is 2.98. The van der Waals surface area contributed by atoms with Crippen LogP contribution in [0.25, 0.3) is 0 Å². The van der Waals surface area contributed by atoms with Crippen molar-refractivity contribution in [1.82, 2.24) is 10.5 Å². The lowest BCUT2D eigenvalue weighted by Gasteiger charge is -2.10. The molecule has 1 aromatic carbocycles. The molecule has 0 fully saturated rings. The maximum absolute atomic E-state index is 11.8. The van der Waals surface area contributed by atoms with Crippen LogP contribution in [0.3, 0.4) is 0 Å². The number of nitrogens with one attached hydrogen (secondary N) is 2. The fourth-order valence-electron chi connectivity index (χ4n) is 1.85. The Morgan fingerprint density at radius 2 is 1.87 bits per heavy atom. The molecule has 0 aliphatic heterocycles. The summed E-state index contributed by atoms with van der Waals surface area (Å²) in [5.41, 5.74) is 0.765. The van der Waals surface area contributed by atoms with Crippen LogP contribution in [0.2, 0.25) is 0 Å². The van der Waals surface area contributed by atoms with E-state index in [1.54, 1.807) is 25.1 Å². The maximum Gasteiger partial charge on any atom is 0.314 e. The van der Waals surface area contributed by atoms with Crippen LogP contribution < -0.4 is 20.1 Å². The topological polar surface area (TPSA) is 103 Å². The predicted octanol–water partition coefficient (Wildman–Crippen LogP) is 1.26. The van der Waals surface area contributed by atoms with E-state index in [2.05, 4.69) is 15.8 Å². The van der Waals surface area contributed by atoms with Crippen molar-refractivity contribution in [2.45, 2.75) is 13.5 Å². The second-order valence-electron chi connectivity index (χ2n) is 4.65. The highest BCUT2D eigenvalue weighted by atomic mass is 16.5. The largest absolute Gasteiger partial charge is 0.493 e. The van der Waals surface area contributed by atoms with Gasteiger partial charge < -0.3 is 19.3 Å². The highest BCUT2D eigenvalue weighted by Gasteiger charge is 2.15. The zero-order valence-corrected chi connectivity index (χ0v) is 13.0. The van der Waals surface area contributed by atoms with Gasteiger partial charge in [-0.1, -0.05) is 11.2 Å². The lowest BCUT2D eigenvalue weighted by atomic mass is 10.2. The summed E-state index contributed by atoms with van der Waals surface area (Å²) in [7, 11) is 3.06. The van der Waals surface area contributed by atoms with Crippen LogP contribution in [-0.2, 0) is 16.1 Å². The molecule has 0 saturated heterocycles. The van der Waals surface area contributed by atoms with Crippen molar-refractivity contribution in [2.24, 2.45) is 0 Å². The van der Waals surface area contributed by atoms with Crippen molar-refractivity contribution in [3.63, 3.8) is 0 Å². The third kappa shape index (κ3) is 4.22. The van der Waals surface area contributed by atoms with Crippen molar-refractivity contribution < 1.29 is 23.6 Å². The van der Waals surface area contributed by atoms with Crippen LogP contribution in [0.1, 0.15) is 11.3 Å². The fourth-order valence-corrected chi connectivity index (χ4v) is 1.85. The SMILES string of the molecule is COc1ccc(CNC(=O)C(=O)Nc2cc(C)on2)cc1OC. The number of ether oxygens (including phenoxy) is 2. The molecule has 8 nitrogen and oxygen atoms in total. The molecule has 0 aliphatic carbocycles. The number of aryl methyl sites for hydroxylation is 1. The van der Waals surface area contributed by atoms with Gasteiger partial charge in [0.2, 0.25) is 0 Å². The van der Waals surface area contributed by atoms with Crippen LogP contribution in [0.5, 0.6) is 11.5 Å². The Bertz CT molecular complexity index is 711. The zero-order valence-electron chi connectivity index (χ0n) is 13.0. The van der Waals surface area contributed by atoms with Crippen LogP contribution in [0.15, 0.2) is 28.8 Å². The average Bonchev–Trinajstić information content (AvgIpc) is 2.96. The summed E-state index contributed by atoms with van der Waals surface area (Å²) in [5.74, 6) is 0.252. The molecule has 0 aliphatic rings. The lowest BCUT2D eigenvalue weighted by Crippen LogP contribution is -2.35. The molecular formula is C15H17N3O5. The molecule has 1 aromatic heterocycles. The smallest absolute Gasteiger partial charge is 0.314 e. The number of hydrogen-bond donors (Lipinski definition) is 2. The van der Waals surface area contributed by atoms with E-state index in [4.69, 9.17) is 14.0 Å². The second kappa shape index (κ2) is 7.30. The van der Waals surface area contributed by atoms with Gasteiger partial charge in [0, 0.05) is 12.6 Å². The summed E-state index contributed by atoms with van der Waals surface area (Å²) >= 11 is 0. The first-order valence-corrected chi connectivity index (χ1v) is 6.77. The molecule has 0 spiro atoms. The molecule has 2 rings (SSSR count). The first-order chi connectivity index (χ1) is 11.0. The summed E-state index contributed by atoms with van der Waals surface area (Å²) in [6.07, 6.45) is 0. The van der Waals surface area contributed by atoms with Gasteiger partial charge in [-0.15, -0.1) is 0 Å². The van der Waals surface area contributed by atoms with Crippen molar-refractivity contribution in [2.75, 3.05) is 19.5 Å². The number of aromatic nitrogens is 1. The molecule has 23 heavy (non-hydrogen) atoms. The Balaban J connectivity index is 1.92. The molecule has 2 aromatic rings. The number of methoxy groups -OCH3 is 2. The number of benzene rings is 1. The quantitative estimate of drug-likeness (QED) is 0.804. The molecule has 2 N–H and O–H groups in total. The Hall–Kier alpha value is -3.03. The molecule has 0 bridgehead atoms. The van der Waals surface area contributed by atoms with Gasteiger partial charge in [-0.25, -0.2) is 0 Å². The third-order valence-electron chi connectivity index (χ3n) is 2.98. The number of carbonyl (C=O) groups excluding carboxylic acids is 2. The van der Waals surface area contributed by atoms with Gasteiger partial charge in [0.05, 0.1) is 14.2 Å². The van der Waals surface area contributed by atoms with E-state index >= 15 is 0 Å². The number of carbonyl (C=O) groups is 2. The van der Waals surface area contributed by atoms with Gasteiger partial charge in [-0.2, -0.15) is 0 Å². The van der Waals surface area contributed by atoms with Crippen LogP contribution in [0, 0.1) is 6.92 Å². The van der Waals surface area contributed by atoms with Gasteiger partial charge in [0.1, 0.15) is 5.76 Å². The summed E-state index contributed by atoms with van der Waals surface area (Å²) in [5, 5.41) is 8.43. The normalized spacial score (nSPS) is 10.0. The minimum absolute atomic E-state index is 0.171. The van der Waals surface area contributed by atoms with E-state index < -0.39 is 11.8 Å². The summed E-state index contributed by atoms with van der Waals surface area (Å²) in [6, 6.07) is 6.72. The highest BCUT2D eigenvalue weighted by Crippen LogP contribution is 2.27. The van der Waals surface area contributed by atoms with Crippen molar-refractivity contribution >= 4 is 17.6 Å². The first kappa shape index (κ1) is 16.3. The number of nitrogens with zero attached hydrogens (tertiary/aromatic N) is 1. The summed E-state index contributed by atoms with van der Waals surface area (Å²) in [6.45, 7) is 1.85. The van der Waals surface area contributed by atoms with Crippen LogP contribution >= 0.6 is 0 Å². The van der Waals surface area contributed by atoms with Crippen molar-refractivity contribution in [1.29, 1.82) is 0 Å². The molecule has 1 heterocycles. The van der Waals surface area contributed by atoms with E-state index in [0.717, 1.165) is 5.56 Å². The summed E-state index contributed by atoms with van der Waals surface area (Å²) in [4.78, 5) is 23.5. The van der Waals surface area contributed by atoms with E-state index in [-0.39, 0.29) is 12.4 Å². The summed E-state index contributed by atoms with van der Waals surface area (Å²) < 4.78 is 15.1. The van der Waals surface area contributed by atoms with Gasteiger partial charge in [0.25, 0.3) is 0 Å². The lowest BCUT2D eigenvalue weighted by molar-refractivity contribution is -0.136. The molecule has 2 amide bonds. The Morgan fingerprint density at radius 3 is 2.48 bits per heavy atom. The first-order valence-electron chi connectivity index (χ1n) is 6.77. The van der Waals surface area contributed by atoms with Crippen molar-refractivity contribution in [3.05, 3.63) is 35.6 Å². The zero-order chi connectivity index (χ0) is 16.8. The number of anilines is 1. The number of hydrogen-bond acceptors (Lipinski definition) is 6. The fraction of sp³-hybridized carbons (Fsp3) is 0.267. The molecular weight excluding hydrogens is 302 g/mol. The number of rotatable bonds is 5. The van der Waals surface area contributed by atoms with E-state index in [1.807, 2.05) is 0 Å². The van der Waals surface area contributed by atoms with E-state index in [9.17, 15) is 9.59 Å². The minimum atomic E-state index is -0.821. The second-order valence-corrected chi connectivity index (χ2v) is 4.65. The van der Waals surface area contributed by atoms with Gasteiger partial charge in [0.15, 0.2) is 17.3 Å². The predicted molar refractivity (Wildman–Crippen MR) is 81.3 cm³/mol. The van der Waals surface area contributed by atoms with Gasteiger partial charge in [-0.3, -0.25) is 14.9 Å². The minimum Gasteiger partial charge on any atom is -0.493 e. The molecule has 122 valence electrons. The maximum atomic E-state index is 11.8. The van der Waals surface area contributed by atoms with Crippen molar-refractivity contribution in [3.8, 4) is 11.5 Å². The van der Waals surface area contributed by atoms with Crippen LogP contribution in [0.4, 0.5) is 5.82 Å². The van der Waals surface area contributed by atoms with E-state index in [0.29, 0.717) is 17.3 Å². The Kier molecular flexibility index (Phi) is 5.19.